The third kappa shape index (κ3) is 4.58. The predicted molar refractivity (Wildman–Crippen MR) is 61.9 cm³/mol. The van der Waals surface area contributed by atoms with Crippen LogP contribution in [0.4, 0.5) is 12.9 Å². The van der Waals surface area contributed by atoms with Gasteiger partial charge in [-0.05, 0) is 0 Å². The molecule has 1 aliphatic rings. The predicted octanol–water partition coefficient (Wildman–Crippen LogP) is -1.78. The molecule has 0 radical (unpaired) electrons. The first-order chi connectivity index (χ1) is 8.48. The molecule has 0 spiro atoms. The fraction of sp³-hybridized carbons (Fsp3) is 0.364. The smallest absolute Gasteiger partial charge is 0.445 e. The molecule has 0 unspecified atom stereocenters. The number of nitrogens with zero attached hydrogens (tertiary/aromatic N) is 1. The number of morpholine rings is 1. The van der Waals surface area contributed by atoms with E-state index < -0.39 is 12.4 Å². The summed E-state index contributed by atoms with van der Waals surface area (Å²) in [5.74, 6) is -0.250. The van der Waals surface area contributed by atoms with Crippen molar-refractivity contribution in [2.24, 2.45) is 0 Å². The molecule has 0 N–H and O–H groups in total. The van der Waals surface area contributed by atoms with Crippen LogP contribution in [0.1, 0.15) is 10.4 Å². The molecule has 1 aromatic carbocycles. The van der Waals surface area contributed by atoms with E-state index in [1.54, 1.807) is 4.90 Å². The van der Waals surface area contributed by atoms with Gasteiger partial charge in [-0.3, -0.25) is 4.79 Å². The SMILES string of the molecule is O=C(c1ccc([B-](F)(F)F)cc1)N1CCOCC1.[K+]. The van der Waals surface area contributed by atoms with Crippen LogP contribution in [0.15, 0.2) is 24.3 Å². The normalized spacial score (nSPS) is 15.8. The summed E-state index contributed by atoms with van der Waals surface area (Å²) in [7, 11) is 0. The first-order valence-electron chi connectivity index (χ1n) is 5.65. The molecule has 1 amide bonds. The number of ether oxygens (including phenoxy) is 1. The Labute approximate surface area is 152 Å². The number of hydrogen-bond acceptors (Lipinski definition) is 2. The third-order valence-electron chi connectivity index (χ3n) is 2.83. The van der Waals surface area contributed by atoms with Crippen LogP contribution in [0.25, 0.3) is 0 Å². The quantitative estimate of drug-likeness (QED) is 0.604. The molecule has 1 aliphatic heterocycles. The monoisotopic (exact) mass is 297 g/mol. The van der Waals surface area contributed by atoms with Gasteiger partial charge < -0.3 is 22.6 Å². The molecule has 1 saturated heterocycles. The van der Waals surface area contributed by atoms with Gasteiger partial charge in [0.15, 0.2) is 0 Å². The van der Waals surface area contributed by atoms with Gasteiger partial charge in [-0.2, -0.15) is 0 Å². The van der Waals surface area contributed by atoms with Gasteiger partial charge >= 0.3 is 58.4 Å². The Morgan fingerprint density at radius 3 is 2.11 bits per heavy atom. The van der Waals surface area contributed by atoms with Crippen LogP contribution in [0.5, 0.6) is 0 Å². The molecule has 0 aliphatic carbocycles. The number of hydrogen-bond donors (Lipinski definition) is 0. The fourth-order valence-corrected chi connectivity index (χ4v) is 1.79. The molecule has 1 aromatic rings. The zero-order chi connectivity index (χ0) is 13.2. The first kappa shape index (κ1) is 17.2. The van der Waals surface area contributed by atoms with Crippen molar-refractivity contribution >= 4 is 18.3 Å². The zero-order valence-corrected chi connectivity index (χ0v) is 13.7. The van der Waals surface area contributed by atoms with Crippen molar-refractivity contribution in [1.82, 2.24) is 4.90 Å². The Bertz CT molecular complexity index is 433. The Balaban J connectivity index is 0.00000180. The molecule has 0 aromatic heterocycles. The summed E-state index contributed by atoms with van der Waals surface area (Å²) in [5, 5.41) is 0. The van der Waals surface area contributed by atoms with E-state index in [4.69, 9.17) is 4.74 Å². The zero-order valence-electron chi connectivity index (χ0n) is 10.6. The largest absolute Gasteiger partial charge is 1.00 e. The maximum absolute atomic E-state index is 12.4. The van der Waals surface area contributed by atoms with Crippen molar-refractivity contribution in [2.45, 2.75) is 0 Å². The second-order valence-electron chi connectivity index (χ2n) is 4.10. The first-order valence-corrected chi connectivity index (χ1v) is 5.65. The molecular weight excluding hydrogens is 285 g/mol. The van der Waals surface area contributed by atoms with E-state index in [2.05, 4.69) is 0 Å². The summed E-state index contributed by atoms with van der Waals surface area (Å²) in [4.78, 5) is 13.5. The van der Waals surface area contributed by atoms with Crippen LogP contribution >= 0.6 is 0 Å². The maximum Gasteiger partial charge on any atom is 1.00 e. The fourth-order valence-electron chi connectivity index (χ4n) is 1.79. The van der Waals surface area contributed by atoms with E-state index in [9.17, 15) is 17.7 Å². The van der Waals surface area contributed by atoms with Crippen molar-refractivity contribution in [3.8, 4) is 0 Å². The number of benzene rings is 1. The van der Waals surface area contributed by atoms with Crippen LogP contribution in [-0.2, 0) is 4.74 Å². The number of carbonyl (C=O) groups is 1. The van der Waals surface area contributed by atoms with Gasteiger partial charge in [0.2, 0.25) is 0 Å². The van der Waals surface area contributed by atoms with Gasteiger partial charge in [0.1, 0.15) is 0 Å². The second kappa shape index (κ2) is 7.24. The standard InChI is InChI=1S/C11H12BF3NO2.K/c13-12(14,15)10-3-1-9(2-4-10)11(17)16-5-7-18-8-6-16;/h1-4H,5-8H2;/q-1;+1. The molecule has 2 rings (SSSR count). The van der Waals surface area contributed by atoms with Gasteiger partial charge in [0.25, 0.3) is 5.91 Å². The molecule has 1 fully saturated rings. The molecule has 8 heteroatoms. The molecule has 0 saturated carbocycles. The van der Waals surface area contributed by atoms with Crippen LogP contribution < -0.4 is 56.8 Å². The minimum atomic E-state index is -5.00. The van der Waals surface area contributed by atoms with Crippen LogP contribution in [0.2, 0.25) is 0 Å². The molecule has 98 valence electrons. The Morgan fingerprint density at radius 1 is 1.11 bits per heavy atom. The van der Waals surface area contributed by atoms with Gasteiger partial charge in [-0.25, -0.2) is 0 Å². The maximum atomic E-state index is 12.4. The summed E-state index contributed by atoms with van der Waals surface area (Å²) >= 11 is 0. The van der Waals surface area contributed by atoms with Gasteiger partial charge in [-0.1, -0.05) is 24.3 Å². The number of rotatable bonds is 2. The van der Waals surface area contributed by atoms with Gasteiger partial charge in [0, 0.05) is 18.7 Å². The molecule has 0 bridgehead atoms. The molecule has 1 heterocycles. The molecule has 19 heavy (non-hydrogen) atoms. The minimum absolute atomic E-state index is 0. The summed E-state index contributed by atoms with van der Waals surface area (Å²) in [6.07, 6.45) is 0. The third-order valence-corrected chi connectivity index (χ3v) is 2.83. The van der Waals surface area contributed by atoms with E-state index >= 15 is 0 Å². The van der Waals surface area contributed by atoms with E-state index in [1.807, 2.05) is 0 Å². The minimum Gasteiger partial charge on any atom is -0.445 e. The summed E-state index contributed by atoms with van der Waals surface area (Å²) < 4.78 is 42.4. The van der Waals surface area contributed by atoms with Crippen molar-refractivity contribution in [1.29, 1.82) is 0 Å². The number of amides is 1. The van der Waals surface area contributed by atoms with Gasteiger partial charge in [0.05, 0.1) is 13.2 Å². The van der Waals surface area contributed by atoms with Crippen molar-refractivity contribution in [2.75, 3.05) is 26.3 Å². The van der Waals surface area contributed by atoms with E-state index in [0.717, 1.165) is 12.1 Å². The Morgan fingerprint density at radius 2 is 1.63 bits per heavy atom. The molecule has 0 atom stereocenters. The van der Waals surface area contributed by atoms with E-state index in [-0.39, 0.29) is 62.9 Å². The summed E-state index contributed by atoms with van der Waals surface area (Å²) in [6.45, 7) is -3.12. The van der Waals surface area contributed by atoms with Crippen LogP contribution in [0.3, 0.4) is 0 Å². The summed E-state index contributed by atoms with van der Waals surface area (Å²) in [5.41, 5.74) is -0.408. The molecular formula is C11H12BF3KNO2. The van der Waals surface area contributed by atoms with E-state index in [1.165, 1.54) is 12.1 Å². The summed E-state index contributed by atoms with van der Waals surface area (Å²) in [6, 6.07) is 4.35. The average molecular weight is 297 g/mol. The van der Waals surface area contributed by atoms with E-state index in [0.29, 0.717) is 26.3 Å². The molecule has 3 nitrogen and oxygen atoms in total. The van der Waals surface area contributed by atoms with Crippen LogP contribution in [0, 0.1) is 0 Å². The Hall–Kier alpha value is 0.141. The number of carbonyl (C=O) groups excluding carboxylic acids is 1. The van der Waals surface area contributed by atoms with Crippen molar-refractivity contribution in [3.05, 3.63) is 29.8 Å². The Kier molecular flexibility index (Phi) is 6.55. The average Bonchev–Trinajstić information content (AvgIpc) is 2.38. The van der Waals surface area contributed by atoms with Crippen molar-refractivity contribution in [3.63, 3.8) is 0 Å². The second-order valence-corrected chi connectivity index (χ2v) is 4.10. The van der Waals surface area contributed by atoms with Crippen molar-refractivity contribution < 1.29 is 73.9 Å². The van der Waals surface area contributed by atoms with Gasteiger partial charge in [-0.15, -0.1) is 5.46 Å². The topological polar surface area (TPSA) is 29.5 Å². The number of halogens is 3. The van der Waals surface area contributed by atoms with Crippen LogP contribution in [-0.4, -0.2) is 44.1 Å².